The van der Waals surface area contributed by atoms with Crippen molar-refractivity contribution in [2.75, 3.05) is 0 Å². The molecule has 0 aliphatic carbocycles. The Morgan fingerprint density at radius 1 is 1.30 bits per heavy atom. The van der Waals surface area contributed by atoms with Crippen molar-refractivity contribution in [3.8, 4) is 0 Å². The molecule has 0 fully saturated rings. The molecule has 0 spiro atoms. The number of hydrogen-bond donors (Lipinski definition) is 1. The molecule has 2 aromatic rings. The van der Waals surface area contributed by atoms with E-state index in [4.69, 9.17) is 28.3 Å². The molecule has 0 aliphatic rings. The lowest BCUT2D eigenvalue weighted by Crippen LogP contribution is -2.08. The molecule has 0 radical (unpaired) electrons. The third-order valence-corrected chi connectivity index (χ3v) is 5.96. The van der Waals surface area contributed by atoms with Gasteiger partial charge in [-0.25, -0.2) is 13.2 Å². The van der Waals surface area contributed by atoms with Crippen LogP contribution in [-0.2, 0) is 15.6 Å². The van der Waals surface area contributed by atoms with E-state index in [9.17, 15) is 13.2 Å². The Morgan fingerprint density at radius 3 is 2.55 bits per heavy atom. The maximum Gasteiger partial charge on any atom is 0.337 e. The lowest BCUT2D eigenvalue weighted by atomic mass is 10.2. The number of aromatic carboxylic acids is 1. The maximum absolute atomic E-state index is 12.3. The topological polar surface area (TPSA) is 71.4 Å². The lowest BCUT2D eigenvalue weighted by molar-refractivity contribution is 0.0697. The molecular formula is C12H8Cl2O4S2. The van der Waals surface area contributed by atoms with Gasteiger partial charge >= 0.3 is 5.97 Å². The Kier molecular flexibility index (Phi) is 4.39. The molecule has 4 nitrogen and oxygen atoms in total. The molecule has 1 aromatic carbocycles. The molecular weight excluding hydrogens is 343 g/mol. The van der Waals surface area contributed by atoms with Gasteiger partial charge in [0.25, 0.3) is 0 Å². The summed E-state index contributed by atoms with van der Waals surface area (Å²) in [7, 11) is -3.76. The second kappa shape index (κ2) is 5.73. The van der Waals surface area contributed by atoms with Crippen molar-refractivity contribution in [2.24, 2.45) is 0 Å². The molecule has 0 amide bonds. The minimum absolute atomic E-state index is 0.0107. The Bertz CT molecular complexity index is 752. The predicted molar refractivity (Wildman–Crippen MR) is 78.6 cm³/mol. The van der Waals surface area contributed by atoms with Crippen LogP contribution >= 0.6 is 34.5 Å². The van der Waals surface area contributed by atoms with Crippen LogP contribution < -0.4 is 0 Å². The number of carboxylic acids is 1. The highest BCUT2D eigenvalue weighted by Crippen LogP contribution is 2.32. The summed E-state index contributed by atoms with van der Waals surface area (Å²) in [4.78, 5) is 11.4. The first-order chi connectivity index (χ1) is 9.31. The van der Waals surface area contributed by atoms with Gasteiger partial charge in [0, 0.05) is 9.90 Å². The van der Waals surface area contributed by atoms with E-state index >= 15 is 0 Å². The highest BCUT2D eigenvalue weighted by Gasteiger charge is 2.24. The fourth-order valence-corrected chi connectivity index (χ4v) is 4.97. The summed E-state index contributed by atoms with van der Waals surface area (Å²) in [5.41, 5.74) is -0.330. The number of sulfone groups is 1. The molecule has 0 unspecified atom stereocenters. The molecule has 0 saturated carbocycles. The minimum atomic E-state index is -3.76. The third-order valence-electron chi connectivity index (χ3n) is 2.48. The Morgan fingerprint density at radius 2 is 2.00 bits per heavy atom. The molecule has 0 bridgehead atoms. The van der Waals surface area contributed by atoms with Gasteiger partial charge in [-0.15, -0.1) is 11.3 Å². The maximum atomic E-state index is 12.3. The molecule has 20 heavy (non-hydrogen) atoms. The van der Waals surface area contributed by atoms with Crippen molar-refractivity contribution < 1.29 is 18.3 Å². The number of benzene rings is 1. The summed E-state index contributed by atoms with van der Waals surface area (Å²) in [6, 6.07) is 5.70. The average Bonchev–Trinajstić information content (AvgIpc) is 2.83. The van der Waals surface area contributed by atoms with E-state index in [0.717, 1.165) is 6.07 Å². The zero-order valence-corrected chi connectivity index (χ0v) is 13.0. The van der Waals surface area contributed by atoms with Gasteiger partial charge in [-0.3, -0.25) is 0 Å². The number of rotatable bonds is 4. The molecule has 0 atom stereocenters. The number of carbonyl (C=O) groups is 1. The molecule has 2 rings (SSSR count). The van der Waals surface area contributed by atoms with E-state index in [1.54, 1.807) is 17.5 Å². The van der Waals surface area contributed by atoms with E-state index in [1.807, 2.05) is 0 Å². The fourth-order valence-electron chi connectivity index (χ4n) is 1.61. The summed E-state index contributed by atoms with van der Waals surface area (Å²) in [5.74, 6) is -1.57. The summed E-state index contributed by atoms with van der Waals surface area (Å²) in [6.45, 7) is 0. The molecule has 0 saturated heterocycles. The van der Waals surface area contributed by atoms with E-state index < -0.39 is 15.8 Å². The summed E-state index contributed by atoms with van der Waals surface area (Å²) in [5, 5.41) is 10.4. The first-order valence-electron chi connectivity index (χ1n) is 5.29. The monoisotopic (exact) mass is 350 g/mol. The van der Waals surface area contributed by atoms with Gasteiger partial charge < -0.3 is 5.11 Å². The summed E-state index contributed by atoms with van der Waals surface area (Å²) < 4.78 is 24.6. The molecule has 1 heterocycles. The van der Waals surface area contributed by atoms with Crippen LogP contribution in [0.1, 0.15) is 15.2 Å². The van der Waals surface area contributed by atoms with Crippen molar-refractivity contribution in [3.63, 3.8) is 0 Å². The van der Waals surface area contributed by atoms with Gasteiger partial charge in [0.2, 0.25) is 0 Å². The van der Waals surface area contributed by atoms with Gasteiger partial charge in [-0.05, 0) is 23.6 Å². The zero-order chi connectivity index (χ0) is 14.9. The number of hydrogen-bond acceptors (Lipinski definition) is 4. The average molecular weight is 351 g/mol. The largest absolute Gasteiger partial charge is 0.478 e. The molecule has 106 valence electrons. The van der Waals surface area contributed by atoms with Gasteiger partial charge in [-0.1, -0.05) is 29.3 Å². The first kappa shape index (κ1) is 15.3. The van der Waals surface area contributed by atoms with Crippen molar-refractivity contribution in [1.29, 1.82) is 0 Å². The van der Waals surface area contributed by atoms with Crippen molar-refractivity contribution in [2.45, 2.75) is 10.6 Å². The van der Waals surface area contributed by atoms with Gasteiger partial charge in [0.05, 0.1) is 21.2 Å². The first-order valence-corrected chi connectivity index (χ1v) is 8.57. The van der Waals surface area contributed by atoms with E-state index in [0.29, 0.717) is 4.88 Å². The van der Waals surface area contributed by atoms with E-state index in [-0.39, 0.29) is 26.3 Å². The summed E-state index contributed by atoms with van der Waals surface area (Å²) in [6.07, 6.45) is 0. The summed E-state index contributed by atoms with van der Waals surface area (Å²) >= 11 is 12.9. The Hall–Kier alpha value is -1.08. The number of halogens is 2. The smallest absolute Gasteiger partial charge is 0.337 e. The van der Waals surface area contributed by atoms with Gasteiger partial charge in [-0.2, -0.15) is 0 Å². The molecule has 1 N–H and O–H groups in total. The van der Waals surface area contributed by atoms with E-state index in [2.05, 4.69) is 0 Å². The SMILES string of the molecule is O=C(O)c1cc(Cl)cc(S(=O)(=O)Cc2cccs2)c1Cl. The van der Waals surface area contributed by atoms with Crippen molar-refractivity contribution in [3.05, 3.63) is 50.1 Å². The quantitative estimate of drug-likeness (QED) is 0.911. The van der Waals surface area contributed by atoms with Crippen molar-refractivity contribution >= 4 is 50.3 Å². The normalized spacial score (nSPS) is 11.5. The number of carboxylic acid groups (broad SMARTS) is 1. The zero-order valence-electron chi connectivity index (χ0n) is 9.84. The highest BCUT2D eigenvalue weighted by molar-refractivity contribution is 7.91. The minimum Gasteiger partial charge on any atom is -0.478 e. The Balaban J connectivity index is 2.54. The fraction of sp³-hybridized carbons (Fsp3) is 0.0833. The lowest BCUT2D eigenvalue weighted by Gasteiger charge is -2.08. The van der Waals surface area contributed by atoms with Gasteiger partial charge in [0.1, 0.15) is 0 Å². The van der Waals surface area contributed by atoms with Crippen LogP contribution in [0.15, 0.2) is 34.5 Å². The van der Waals surface area contributed by atoms with Crippen LogP contribution in [-0.4, -0.2) is 19.5 Å². The predicted octanol–water partition coefficient (Wildman–Crippen LogP) is 3.73. The van der Waals surface area contributed by atoms with Crippen LogP contribution in [0.5, 0.6) is 0 Å². The Labute approximate surface area is 129 Å². The second-order valence-electron chi connectivity index (χ2n) is 3.91. The molecule has 1 aromatic heterocycles. The van der Waals surface area contributed by atoms with E-state index in [1.165, 1.54) is 17.4 Å². The molecule has 0 aliphatic heterocycles. The van der Waals surface area contributed by atoms with Crippen LogP contribution in [0.3, 0.4) is 0 Å². The van der Waals surface area contributed by atoms with Crippen LogP contribution in [0, 0.1) is 0 Å². The standard InChI is InChI=1S/C12H8Cl2O4S2/c13-7-4-9(12(15)16)11(14)10(5-7)20(17,18)6-8-2-1-3-19-8/h1-5H,6H2,(H,15,16). The van der Waals surface area contributed by atoms with Gasteiger partial charge in [0.15, 0.2) is 9.84 Å². The van der Waals surface area contributed by atoms with Crippen LogP contribution in [0.2, 0.25) is 10.0 Å². The van der Waals surface area contributed by atoms with Crippen LogP contribution in [0.25, 0.3) is 0 Å². The second-order valence-corrected chi connectivity index (χ2v) is 7.71. The third kappa shape index (κ3) is 3.15. The van der Waals surface area contributed by atoms with Crippen molar-refractivity contribution in [1.82, 2.24) is 0 Å². The molecule has 8 heteroatoms. The van der Waals surface area contributed by atoms with Crippen LogP contribution in [0.4, 0.5) is 0 Å². The highest BCUT2D eigenvalue weighted by atomic mass is 35.5. The number of thiophene rings is 1.